The van der Waals surface area contributed by atoms with Crippen LogP contribution in [0.5, 0.6) is 0 Å². The number of nitrogens with one attached hydrogen (secondary N) is 1. The number of amides is 1. The molecule has 1 saturated heterocycles. The maximum Gasteiger partial charge on any atom is 0.242 e. The van der Waals surface area contributed by atoms with Crippen molar-refractivity contribution in [3.63, 3.8) is 0 Å². The fourth-order valence-corrected chi connectivity index (χ4v) is 3.57. The monoisotopic (exact) mass is 355 g/mol. The van der Waals surface area contributed by atoms with Crippen molar-refractivity contribution in [2.75, 3.05) is 18.5 Å². The van der Waals surface area contributed by atoms with E-state index in [1.165, 1.54) is 0 Å². The molecule has 1 atom stereocenters. The number of piperidine rings is 1. The summed E-state index contributed by atoms with van der Waals surface area (Å²) in [6.07, 6.45) is 2.98. The van der Waals surface area contributed by atoms with E-state index >= 15 is 0 Å². The van der Waals surface area contributed by atoms with Crippen LogP contribution in [0.2, 0.25) is 0 Å². The Morgan fingerprint density at radius 2 is 2.25 bits per heavy atom. The smallest absolute Gasteiger partial charge is 0.242 e. The first-order valence-corrected chi connectivity index (χ1v) is 7.83. The minimum Gasteiger partial charge on any atom is -0.389 e. The average molecular weight is 356 g/mol. The van der Waals surface area contributed by atoms with Gasteiger partial charge in [0.2, 0.25) is 5.91 Å². The SMILES string of the molecule is CNC(=O)C1CCCCN1c1cccc(Br)c1C(N)=S. The molecule has 4 nitrogen and oxygen atoms in total. The van der Waals surface area contributed by atoms with Crippen molar-refractivity contribution < 1.29 is 4.79 Å². The van der Waals surface area contributed by atoms with Gasteiger partial charge >= 0.3 is 0 Å². The number of thiocarbonyl (C=S) groups is 1. The van der Waals surface area contributed by atoms with Crippen molar-refractivity contribution in [2.45, 2.75) is 25.3 Å². The van der Waals surface area contributed by atoms with E-state index in [9.17, 15) is 4.79 Å². The number of nitrogens with two attached hydrogens (primary N) is 1. The van der Waals surface area contributed by atoms with Crippen molar-refractivity contribution in [1.82, 2.24) is 5.32 Å². The predicted molar refractivity (Wildman–Crippen MR) is 89.1 cm³/mol. The van der Waals surface area contributed by atoms with Crippen molar-refractivity contribution in [3.8, 4) is 0 Å². The molecule has 1 fully saturated rings. The predicted octanol–water partition coefficient (Wildman–Crippen LogP) is 2.19. The molecule has 20 heavy (non-hydrogen) atoms. The van der Waals surface area contributed by atoms with Gasteiger partial charge in [-0.2, -0.15) is 0 Å². The second-order valence-electron chi connectivity index (χ2n) is 4.82. The highest BCUT2D eigenvalue weighted by molar-refractivity contribution is 9.10. The Bertz CT molecular complexity index is 535. The van der Waals surface area contributed by atoms with Crippen molar-refractivity contribution in [2.24, 2.45) is 5.73 Å². The number of likely N-dealkylation sites (N-methyl/N-ethyl adjacent to an activating group) is 1. The number of hydrogen-bond donors (Lipinski definition) is 2. The highest BCUT2D eigenvalue weighted by Gasteiger charge is 2.30. The zero-order valence-corrected chi connectivity index (χ0v) is 13.8. The summed E-state index contributed by atoms with van der Waals surface area (Å²) < 4.78 is 0.865. The van der Waals surface area contributed by atoms with Gasteiger partial charge in [0.05, 0.1) is 0 Å². The van der Waals surface area contributed by atoms with Crippen LogP contribution in [0.25, 0.3) is 0 Å². The van der Waals surface area contributed by atoms with Gasteiger partial charge in [-0.1, -0.05) is 18.3 Å². The third-order valence-electron chi connectivity index (χ3n) is 3.60. The van der Waals surface area contributed by atoms with Crippen molar-refractivity contribution in [1.29, 1.82) is 0 Å². The maximum absolute atomic E-state index is 12.1. The van der Waals surface area contributed by atoms with Crippen LogP contribution < -0.4 is 16.0 Å². The summed E-state index contributed by atoms with van der Waals surface area (Å²) >= 11 is 8.65. The Morgan fingerprint density at radius 1 is 1.50 bits per heavy atom. The van der Waals surface area contributed by atoms with Crippen molar-refractivity contribution >= 4 is 44.7 Å². The minimum absolute atomic E-state index is 0.0403. The van der Waals surface area contributed by atoms with Gasteiger partial charge in [-0.15, -0.1) is 0 Å². The Kier molecular flexibility index (Phi) is 4.99. The Hall–Kier alpha value is -1.14. The first-order chi connectivity index (χ1) is 9.56. The van der Waals surface area contributed by atoms with Crippen LogP contribution in [0.3, 0.4) is 0 Å². The van der Waals surface area contributed by atoms with Gasteiger partial charge in [-0.05, 0) is 47.3 Å². The second-order valence-corrected chi connectivity index (χ2v) is 6.11. The van der Waals surface area contributed by atoms with Crippen LogP contribution in [-0.4, -0.2) is 30.5 Å². The van der Waals surface area contributed by atoms with Crippen LogP contribution >= 0.6 is 28.1 Å². The molecule has 0 aliphatic carbocycles. The van der Waals surface area contributed by atoms with Crippen LogP contribution in [-0.2, 0) is 4.79 Å². The molecular formula is C14H18BrN3OS. The topological polar surface area (TPSA) is 58.4 Å². The van der Waals surface area contributed by atoms with E-state index in [0.717, 1.165) is 41.5 Å². The molecule has 3 N–H and O–H groups in total. The lowest BCUT2D eigenvalue weighted by Gasteiger charge is -2.37. The van der Waals surface area contributed by atoms with Gasteiger partial charge in [-0.25, -0.2) is 0 Å². The van der Waals surface area contributed by atoms with E-state index in [1.807, 2.05) is 18.2 Å². The first-order valence-electron chi connectivity index (χ1n) is 6.62. The Balaban J connectivity index is 2.45. The molecule has 0 bridgehead atoms. The zero-order chi connectivity index (χ0) is 14.7. The molecular weight excluding hydrogens is 338 g/mol. The molecule has 0 radical (unpaired) electrons. The summed E-state index contributed by atoms with van der Waals surface area (Å²) in [5.41, 5.74) is 7.59. The average Bonchev–Trinajstić information content (AvgIpc) is 2.45. The number of hydrogen-bond acceptors (Lipinski definition) is 3. The molecule has 1 unspecified atom stereocenters. The molecule has 0 spiro atoms. The first kappa shape index (κ1) is 15.3. The van der Waals surface area contributed by atoms with Gasteiger partial charge in [0.1, 0.15) is 11.0 Å². The third kappa shape index (κ3) is 2.96. The molecule has 1 aliphatic rings. The Labute approximate surface area is 132 Å². The fourth-order valence-electron chi connectivity index (χ4n) is 2.66. The summed E-state index contributed by atoms with van der Waals surface area (Å²) in [4.78, 5) is 14.5. The van der Waals surface area contributed by atoms with E-state index < -0.39 is 0 Å². The van der Waals surface area contributed by atoms with Crippen LogP contribution in [0.4, 0.5) is 5.69 Å². The van der Waals surface area contributed by atoms with Gasteiger partial charge in [-0.3, -0.25) is 4.79 Å². The van der Waals surface area contributed by atoms with E-state index in [2.05, 4.69) is 26.1 Å². The molecule has 2 rings (SSSR count). The minimum atomic E-state index is -0.156. The largest absolute Gasteiger partial charge is 0.389 e. The number of halogens is 1. The number of nitrogens with zero attached hydrogens (tertiary/aromatic N) is 1. The zero-order valence-electron chi connectivity index (χ0n) is 11.4. The van der Waals surface area contributed by atoms with E-state index in [0.29, 0.717) is 4.99 Å². The molecule has 0 saturated carbocycles. The highest BCUT2D eigenvalue weighted by Crippen LogP contribution is 2.32. The maximum atomic E-state index is 12.1. The standard InChI is InChI=1S/C14H18BrN3OS/c1-17-14(19)11-6-2-3-8-18(11)10-7-4-5-9(15)12(10)13(16)20/h4-5,7,11H,2-3,6,8H2,1H3,(H2,16,20)(H,17,19). The number of benzene rings is 1. The second kappa shape index (κ2) is 6.54. The van der Waals surface area contributed by atoms with Crippen LogP contribution in [0.15, 0.2) is 22.7 Å². The molecule has 0 aromatic heterocycles. The lowest BCUT2D eigenvalue weighted by Crippen LogP contribution is -2.49. The van der Waals surface area contributed by atoms with E-state index in [4.69, 9.17) is 18.0 Å². The number of anilines is 1. The normalized spacial score (nSPS) is 18.7. The Morgan fingerprint density at radius 3 is 2.90 bits per heavy atom. The van der Waals surface area contributed by atoms with E-state index in [-0.39, 0.29) is 11.9 Å². The van der Waals surface area contributed by atoms with Gasteiger partial charge in [0, 0.05) is 29.3 Å². The molecule has 108 valence electrons. The quantitative estimate of drug-likeness (QED) is 0.816. The van der Waals surface area contributed by atoms with Gasteiger partial charge < -0.3 is 16.0 Å². The fraction of sp³-hybridized carbons (Fsp3) is 0.429. The molecule has 1 aliphatic heterocycles. The summed E-state index contributed by atoms with van der Waals surface area (Å²) in [5, 5.41) is 2.74. The van der Waals surface area contributed by atoms with Crippen LogP contribution in [0.1, 0.15) is 24.8 Å². The lowest BCUT2D eigenvalue weighted by atomic mass is 9.99. The van der Waals surface area contributed by atoms with E-state index in [1.54, 1.807) is 7.05 Å². The van der Waals surface area contributed by atoms with Crippen LogP contribution in [0, 0.1) is 0 Å². The molecule has 1 amide bonds. The number of carbonyl (C=O) groups excluding carboxylic acids is 1. The van der Waals surface area contributed by atoms with Crippen molar-refractivity contribution in [3.05, 3.63) is 28.2 Å². The molecule has 1 heterocycles. The summed E-state index contributed by atoms with van der Waals surface area (Å²) in [6, 6.07) is 5.67. The number of carbonyl (C=O) groups is 1. The summed E-state index contributed by atoms with van der Waals surface area (Å²) in [7, 11) is 1.67. The van der Waals surface area contributed by atoms with Gasteiger partial charge in [0.15, 0.2) is 0 Å². The molecule has 1 aromatic rings. The summed E-state index contributed by atoms with van der Waals surface area (Å²) in [5.74, 6) is 0.0403. The summed E-state index contributed by atoms with van der Waals surface area (Å²) in [6.45, 7) is 0.837. The number of rotatable bonds is 3. The lowest BCUT2D eigenvalue weighted by molar-refractivity contribution is -0.122. The third-order valence-corrected chi connectivity index (χ3v) is 4.46. The van der Waals surface area contributed by atoms with Gasteiger partial charge in [0.25, 0.3) is 0 Å². The molecule has 6 heteroatoms. The highest BCUT2D eigenvalue weighted by atomic mass is 79.9. The molecule has 1 aromatic carbocycles.